The Labute approximate surface area is 148 Å². The van der Waals surface area contributed by atoms with Crippen molar-refractivity contribution in [3.05, 3.63) is 36.4 Å². The molecule has 25 heavy (non-hydrogen) atoms. The van der Waals surface area contributed by atoms with Gasteiger partial charge in [-0.3, -0.25) is 0 Å². The smallest absolute Gasteiger partial charge is 0.204 e. The van der Waals surface area contributed by atoms with E-state index in [9.17, 15) is 8.78 Å². The van der Waals surface area contributed by atoms with Crippen molar-refractivity contribution in [2.75, 3.05) is 6.61 Å². The Morgan fingerprint density at radius 3 is 2.16 bits per heavy atom. The lowest BCUT2D eigenvalue weighted by atomic mass is 9.69. The summed E-state index contributed by atoms with van der Waals surface area (Å²) in [6.07, 6.45) is 11.9. The van der Waals surface area contributed by atoms with Gasteiger partial charge in [-0.15, -0.1) is 6.58 Å². The first kappa shape index (κ1) is 18.2. The molecule has 0 spiro atoms. The minimum Gasteiger partial charge on any atom is -0.505 e. The van der Waals surface area contributed by atoms with Crippen LogP contribution in [0.2, 0.25) is 0 Å². The van der Waals surface area contributed by atoms with Crippen molar-refractivity contribution >= 4 is 0 Å². The predicted octanol–water partition coefficient (Wildman–Crippen LogP) is 5.85. The van der Waals surface area contributed by atoms with Gasteiger partial charge in [-0.1, -0.05) is 6.08 Å². The third-order valence-electron chi connectivity index (χ3n) is 6.21. The summed E-state index contributed by atoms with van der Waals surface area (Å²) in [6.45, 7) is 4.33. The van der Waals surface area contributed by atoms with Crippen molar-refractivity contribution in [1.82, 2.24) is 0 Å². The van der Waals surface area contributed by atoms with Gasteiger partial charge in [-0.2, -0.15) is 8.78 Å². The number of benzene rings is 1. The zero-order valence-electron chi connectivity index (χ0n) is 14.7. The Hall–Kier alpha value is -1.58. The topological polar surface area (TPSA) is 29.5 Å². The number of phenols is 1. The van der Waals surface area contributed by atoms with Gasteiger partial charge in [0.1, 0.15) is 0 Å². The van der Waals surface area contributed by atoms with Crippen LogP contribution in [0.1, 0.15) is 51.4 Å². The maximum atomic E-state index is 13.7. The van der Waals surface area contributed by atoms with Crippen LogP contribution in [0.4, 0.5) is 8.78 Å². The van der Waals surface area contributed by atoms with Gasteiger partial charge in [0, 0.05) is 0 Å². The number of ether oxygens (including phenoxy) is 1. The summed E-state index contributed by atoms with van der Waals surface area (Å²) in [5.41, 5.74) is 0. The van der Waals surface area contributed by atoms with E-state index in [4.69, 9.17) is 9.84 Å². The first-order chi connectivity index (χ1) is 12.1. The quantitative estimate of drug-likeness (QED) is 0.675. The van der Waals surface area contributed by atoms with Crippen molar-refractivity contribution in [3.63, 3.8) is 0 Å². The summed E-state index contributed by atoms with van der Waals surface area (Å²) in [4.78, 5) is 0. The maximum Gasteiger partial charge on any atom is 0.204 e. The molecule has 0 radical (unpaired) electrons. The molecule has 1 aromatic rings. The van der Waals surface area contributed by atoms with Crippen LogP contribution in [0.5, 0.6) is 11.5 Å². The summed E-state index contributed by atoms with van der Waals surface area (Å²) < 4.78 is 32.6. The van der Waals surface area contributed by atoms with Crippen LogP contribution < -0.4 is 4.74 Å². The number of allylic oxidation sites excluding steroid dienone is 1. The van der Waals surface area contributed by atoms with Gasteiger partial charge in [-0.25, -0.2) is 0 Å². The van der Waals surface area contributed by atoms with Crippen LogP contribution in [0, 0.1) is 35.3 Å². The predicted molar refractivity (Wildman–Crippen MR) is 94.6 cm³/mol. The molecule has 2 saturated carbocycles. The van der Waals surface area contributed by atoms with Crippen molar-refractivity contribution in [1.29, 1.82) is 0 Å². The number of hydrogen-bond acceptors (Lipinski definition) is 2. The molecule has 3 rings (SSSR count). The standard InChI is InChI=1S/C21H28F2O2/c1-2-14-3-7-16(8-4-14)17-9-5-15(6-10-17)13-25-19-12-11-18(24)20(22)21(19)23/h2,11-12,14-17,24H,1,3-10,13H2/t14-,15?,16-,17?. The fourth-order valence-corrected chi connectivity index (χ4v) is 4.52. The van der Waals surface area contributed by atoms with E-state index in [-0.39, 0.29) is 5.75 Å². The summed E-state index contributed by atoms with van der Waals surface area (Å²) in [5.74, 6) is -0.370. The van der Waals surface area contributed by atoms with Gasteiger partial charge in [0.25, 0.3) is 0 Å². The second-order valence-electron chi connectivity index (χ2n) is 7.71. The lowest BCUT2D eigenvalue weighted by molar-refractivity contribution is 0.127. The zero-order valence-corrected chi connectivity index (χ0v) is 14.7. The molecular formula is C21H28F2O2. The molecule has 0 bridgehead atoms. The van der Waals surface area contributed by atoms with E-state index in [1.807, 2.05) is 0 Å². The fraction of sp³-hybridized carbons (Fsp3) is 0.619. The van der Waals surface area contributed by atoms with Gasteiger partial charge in [0.05, 0.1) is 6.61 Å². The van der Waals surface area contributed by atoms with Crippen LogP contribution in [-0.4, -0.2) is 11.7 Å². The van der Waals surface area contributed by atoms with E-state index >= 15 is 0 Å². The van der Waals surface area contributed by atoms with Gasteiger partial charge in [-0.05, 0) is 87.2 Å². The Morgan fingerprint density at radius 1 is 0.960 bits per heavy atom. The number of halogens is 2. The molecule has 0 aromatic heterocycles. The fourth-order valence-electron chi connectivity index (χ4n) is 4.52. The molecule has 2 aliphatic carbocycles. The molecule has 1 N–H and O–H groups in total. The van der Waals surface area contributed by atoms with Crippen molar-refractivity contribution in [3.8, 4) is 11.5 Å². The van der Waals surface area contributed by atoms with E-state index < -0.39 is 17.4 Å². The molecular weight excluding hydrogens is 322 g/mol. The highest BCUT2D eigenvalue weighted by Crippen LogP contribution is 2.41. The second kappa shape index (κ2) is 8.20. The van der Waals surface area contributed by atoms with Crippen molar-refractivity contribution in [2.24, 2.45) is 23.7 Å². The number of hydrogen-bond donors (Lipinski definition) is 1. The largest absolute Gasteiger partial charge is 0.505 e. The average molecular weight is 350 g/mol. The zero-order chi connectivity index (χ0) is 17.8. The van der Waals surface area contributed by atoms with Crippen LogP contribution >= 0.6 is 0 Å². The third-order valence-corrected chi connectivity index (χ3v) is 6.21. The Kier molecular flexibility index (Phi) is 5.98. The molecule has 0 aliphatic heterocycles. The Balaban J connectivity index is 1.44. The van der Waals surface area contributed by atoms with E-state index in [2.05, 4.69) is 12.7 Å². The minimum absolute atomic E-state index is 0.111. The van der Waals surface area contributed by atoms with Gasteiger partial charge in [0.2, 0.25) is 11.6 Å². The first-order valence-electron chi connectivity index (χ1n) is 9.50. The van der Waals surface area contributed by atoms with Crippen LogP contribution in [0.3, 0.4) is 0 Å². The lowest BCUT2D eigenvalue weighted by Crippen LogP contribution is -2.27. The normalized spacial score (nSPS) is 30.0. The molecule has 138 valence electrons. The highest BCUT2D eigenvalue weighted by atomic mass is 19.2. The molecule has 2 aliphatic rings. The molecule has 2 fully saturated rings. The number of phenolic OH excluding ortho intramolecular Hbond substituents is 1. The van der Waals surface area contributed by atoms with Gasteiger partial charge >= 0.3 is 0 Å². The molecule has 0 amide bonds. The molecule has 0 saturated heterocycles. The maximum absolute atomic E-state index is 13.7. The van der Waals surface area contributed by atoms with Gasteiger partial charge < -0.3 is 9.84 Å². The Morgan fingerprint density at radius 2 is 1.56 bits per heavy atom. The average Bonchev–Trinajstić information content (AvgIpc) is 2.66. The molecule has 0 heterocycles. The van der Waals surface area contributed by atoms with Crippen LogP contribution in [0.25, 0.3) is 0 Å². The molecule has 0 atom stereocenters. The molecule has 4 heteroatoms. The van der Waals surface area contributed by atoms with Crippen LogP contribution in [0.15, 0.2) is 24.8 Å². The third kappa shape index (κ3) is 4.34. The highest BCUT2D eigenvalue weighted by Gasteiger charge is 2.30. The molecule has 1 aromatic carbocycles. The summed E-state index contributed by atoms with van der Waals surface area (Å²) in [7, 11) is 0. The monoisotopic (exact) mass is 350 g/mol. The molecule has 0 unspecified atom stereocenters. The van der Waals surface area contributed by atoms with Gasteiger partial charge in [0.15, 0.2) is 11.5 Å². The number of aromatic hydroxyl groups is 1. The second-order valence-corrected chi connectivity index (χ2v) is 7.71. The van der Waals surface area contributed by atoms with E-state index in [0.29, 0.717) is 18.4 Å². The summed E-state index contributed by atoms with van der Waals surface area (Å²) >= 11 is 0. The van der Waals surface area contributed by atoms with E-state index in [1.54, 1.807) is 0 Å². The highest BCUT2D eigenvalue weighted by molar-refractivity contribution is 5.33. The Bertz CT molecular complexity index is 586. The summed E-state index contributed by atoms with van der Waals surface area (Å²) in [6, 6.07) is 2.42. The lowest BCUT2D eigenvalue weighted by Gasteiger charge is -2.37. The SMILES string of the molecule is C=C[C@H]1CC[C@H](C2CCC(COc3ccc(O)c(F)c3F)CC2)CC1. The van der Waals surface area contributed by atoms with Crippen molar-refractivity contribution < 1.29 is 18.6 Å². The minimum atomic E-state index is -1.24. The number of rotatable bonds is 5. The van der Waals surface area contributed by atoms with E-state index in [1.165, 1.54) is 44.6 Å². The van der Waals surface area contributed by atoms with Crippen molar-refractivity contribution in [2.45, 2.75) is 51.4 Å². The summed E-state index contributed by atoms with van der Waals surface area (Å²) in [5, 5.41) is 9.15. The molecule has 2 nitrogen and oxygen atoms in total. The van der Waals surface area contributed by atoms with E-state index in [0.717, 1.165) is 30.7 Å². The first-order valence-corrected chi connectivity index (χ1v) is 9.50. The van der Waals surface area contributed by atoms with Crippen LogP contribution in [-0.2, 0) is 0 Å².